The fourth-order valence-electron chi connectivity index (χ4n) is 3.21. The maximum atomic E-state index is 13.1. The van der Waals surface area contributed by atoms with Crippen molar-refractivity contribution in [1.82, 2.24) is 4.90 Å². The van der Waals surface area contributed by atoms with Gasteiger partial charge < -0.3 is 5.11 Å². The predicted octanol–water partition coefficient (Wildman–Crippen LogP) is 4.56. The zero-order valence-corrected chi connectivity index (χ0v) is 14.3. The minimum atomic E-state index is -4.50. The highest BCUT2D eigenvalue weighted by Gasteiger charge is 2.52. The van der Waals surface area contributed by atoms with E-state index in [-0.39, 0.29) is 13.1 Å². The third-order valence-electron chi connectivity index (χ3n) is 4.51. The van der Waals surface area contributed by atoms with Crippen molar-refractivity contribution in [2.24, 2.45) is 11.8 Å². The van der Waals surface area contributed by atoms with Crippen molar-refractivity contribution >= 4 is 39.0 Å². The number of nitrogens with zero attached hydrogens (tertiary/aromatic N) is 1. The first-order valence-electron chi connectivity index (χ1n) is 7.37. The number of carboxylic acids is 1. The molecule has 2 heterocycles. The summed E-state index contributed by atoms with van der Waals surface area (Å²) in [5.41, 5.74) is 0.986. The molecule has 1 aliphatic heterocycles. The average molecular weight is 378 g/mol. The number of hydrogen-bond donors (Lipinski definition) is 1. The van der Waals surface area contributed by atoms with Gasteiger partial charge in [0.05, 0.1) is 21.6 Å². The summed E-state index contributed by atoms with van der Waals surface area (Å²) in [4.78, 5) is 13.7. The second-order valence-corrected chi connectivity index (χ2v) is 7.57. The molecule has 1 fully saturated rings. The highest BCUT2D eigenvalue weighted by atomic mass is 35.5. The van der Waals surface area contributed by atoms with Crippen LogP contribution in [0.25, 0.3) is 10.1 Å². The van der Waals surface area contributed by atoms with Crippen LogP contribution in [0.3, 0.4) is 0 Å². The van der Waals surface area contributed by atoms with E-state index in [4.69, 9.17) is 16.7 Å². The number of thiophene rings is 1. The maximum Gasteiger partial charge on any atom is 0.393 e. The van der Waals surface area contributed by atoms with Gasteiger partial charge in [-0.2, -0.15) is 13.2 Å². The molecular weight excluding hydrogens is 363 g/mol. The van der Waals surface area contributed by atoms with Crippen LogP contribution in [0, 0.1) is 18.8 Å². The Bertz CT molecular complexity index is 789. The van der Waals surface area contributed by atoms with Gasteiger partial charge in [-0.15, -0.1) is 11.3 Å². The number of aliphatic carboxylic acids is 1. The number of carboxylic acid groups (broad SMARTS) is 1. The molecule has 0 amide bonds. The van der Waals surface area contributed by atoms with E-state index in [2.05, 4.69) is 0 Å². The lowest BCUT2D eigenvalue weighted by Gasteiger charge is -2.18. The largest absolute Gasteiger partial charge is 0.481 e. The van der Waals surface area contributed by atoms with Crippen molar-refractivity contribution in [3.8, 4) is 0 Å². The summed E-state index contributed by atoms with van der Waals surface area (Å²) in [5.74, 6) is -4.63. The van der Waals surface area contributed by atoms with Gasteiger partial charge in [-0.05, 0) is 23.9 Å². The number of aryl methyl sites for hydroxylation is 1. The Hall–Kier alpha value is -1.31. The van der Waals surface area contributed by atoms with E-state index >= 15 is 0 Å². The van der Waals surface area contributed by atoms with Crippen LogP contribution < -0.4 is 0 Å². The van der Waals surface area contributed by atoms with Crippen molar-refractivity contribution < 1.29 is 23.1 Å². The smallest absolute Gasteiger partial charge is 0.393 e. The molecule has 1 saturated heterocycles. The number of hydrogen-bond acceptors (Lipinski definition) is 3. The summed E-state index contributed by atoms with van der Waals surface area (Å²) in [6.07, 6.45) is -4.50. The number of carbonyl (C=O) groups is 1. The van der Waals surface area contributed by atoms with Gasteiger partial charge in [-0.1, -0.05) is 23.7 Å². The van der Waals surface area contributed by atoms with Gasteiger partial charge in [0.25, 0.3) is 0 Å². The molecule has 1 aromatic heterocycles. The lowest BCUT2D eigenvalue weighted by molar-refractivity contribution is -0.188. The van der Waals surface area contributed by atoms with E-state index in [1.807, 2.05) is 19.1 Å². The zero-order chi connectivity index (χ0) is 17.6. The van der Waals surface area contributed by atoms with Crippen LogP contribution in [0.5, 0.6) is 0 Å². The third kappa shape index (κ3) is 3.12. The molecule has 2 atom stereocenters. The normalized spacial score (nSPS) is 22.4. The van der Waals surface area contributed by atoms with Crippen LogP contribution in [0.1, 0.15) is 10.4 Å². The molecule has 1 N–H and O–H groups in total. The molecule has 1 aliphatic rings. The van der Waals surface area contributed by atoms with Gasteiger partial charge in [0, 0.05) is 24.5 Å². The van der Waals surface area contributed by atoms with E-state index in [1.54, 1.807) is 11.0 Å². The molecule has 8 heteroatoms. The van der Waals surface area contributed by atoms with Crippen LogP contribution in [0.2, 0.25) is 5.02 Å². The fraction of sp³-hybridized carbons (Fsp3) is 0.438. The predicted molar refractivity (Wildman–Crippen MR) is 87.5 cm³/mol. The van der Waals surface area contributed by atoms with Gasteiger partial charge in [0.15, 0.2) is 0 Å². The van der Waals surface area contributed by atoms with E-state index in [0.717, 1.165) is 20.5 Å². The molecule has 1 aromatic carbocycles. The Balaban J connectivity index is 1.86. The maximum absolute atomic E-state index is 13.1. The highest BCUT2D eigenvalue weighted by molar-refractivity contribution is 7.20. The first-order chi connectivity index (χ1) is 11.2. The molecule has 24 heavy (non-hydrogen) atoms. The van der Waals surface area contributed by atoms with E-state index in [9.17, 15) is 18.0 Å². The SMILES string of the molecule is Cc1c(CN2C[C@@H](C(F)(F)F)[C@H](C(=O)O)C2)sc2c(Cl)cccc12. The molecule has 2 aromatic rings. The summed E-state index contributed by atoms with van der Waals surface area (Å²) in [7, 11) is 0. The highest BCUT2D eigenvalue weighted by Crippen LogP contribution is 2.40. The van der Waals surface area contributed by atoms with Crippen molar-refractivity contribution in [1.29, 1.82) is 0 Å². The lowest BCUT2D eigenvalue weighted by Crippen LogP contribution is -2.33. The first-order valence-corrected chi connectivity index (χ1v) is 8.56. The molecule has 3 nitrogen and oxygen atoms in total. The first kappa shape index (κ1) is 17.5. The number of likely N-dealkylation sites (tertiary alicyclic amines) is 1. The second-order valence-electron chi connectivity index (χ2n) is 6.05. The number of alkyl halides is 3. The van der Waals surface area contributed by atoms with Gasteiger partial charge in [-0.3, -0.25) is 9.69 Å². The quantitative estimate of drug-likeness (QED) is 0.852. The molecule has 0 bridgehead atoms. The lowest BCUT2D eigenvalue weighted by atomic mass is 9.96. The summed E-state index contributed by atoms with van der Waals surface area (Å²) < 4.78 is 40.1. The Morgan fingerprint density at radius 1 is 1.42 bits per heavy atom. The number of fused-ring (bicyclic) bond motifs is 1. The Morgan fingerprint density at radius 2 is 2.12 bits per heavy atom. The molecule has 130 valence electrons. The van der Waals surface area contributed by atoms with E-state index in [0.29, 0.717) is 11.6 Å². The Morgan fingerprint density at radius 3 is 2.67 bits per heavy atom. The van der Waals surface area contributed by atoms with Crippen LogP contribution in [0.15, 0.2) is 18.2 Å². The summed E-state index contributed by atoms with van der Waals surface area (Å²) in [5, 5.41) is 10.7. The van der Waals surface area contributed by atoms with Crippen LogP contribution >= 0.6 is 22.9 Å². The summed E-state index contributed by atoms with van der Waals surface area (Å²) in [6, 6.07) is 5.54. The molecule has 0 spiro atoms. The van der Waals surface area contributed by atoms with E-state index < -0.39 is 24.0 Å². The van der Waals surface area contributed by atoms with Crippen molar-refractivity contribution in [2.75, 3.05) is 13.1 Å². The van der Waals surface area contributed by atoms with Crippen LogP contribution in [-0.4, -0.2) is 35.2 Å². The summed E-state index contributed by atoms with van der Waals surface area (Å²) in [6.45, 7) is 1.83. The van der Waals surface area contributed by atoms with Crippen molar-refractivity contribution in [3.05, 3.63) is 33.7 Å². The van der Waals surface area contributed by atoms with Crippen LogP contribution in [0.4, 0.5) is 13.2 Å². The minimum absolute atomic E-state index is 0.0963. The zero-order valence-electron chi connectivity index (χ0n) is 12.7. The summed E-state index contributed by atoms with van der Waals surface area (Å²) >= 11 is 7.63. The van der Waals surface area contributed by atoms with Crippen molar-refractivity contribution in [2.45, 2.75) is 19.6 Å². The molecule has 0 radical (unpaired) electrons. The third-order valence-corrected chi connectivity index (χ3v) is 6.27. The number of rotatable bonds is 3. The molecule has 0 aliphatic carbocycles. The van der Waals surface area contributed by atoms with Gasteiger partial charge >= 0.3 is 12.1 Å². The number of benzene rings is 1. The Kier molecular flexibility index (Phi) is 4.53. The second kappa shape index (κ2) is 6.20. The molecular formula is C16H15ClF3NO2S. The van der Waals surface area contributed by atoms with Crippen LogP contribution in [-0.2, 0) is 11.3 Å². The average Bonchev–Trinajstić information content (AvgIpc) is 3.04. The van der Waals surface area contributed by atoms with Crippen molar-refractivity contribution in [3.63, 3.8) is 0 Å². The number of halogens is 4. The standard InChI is InChI=1S/C16H15ClF3NO2S/c1-8-9-3-2-4-12(17)14(9)24-13(8)7-21-5-10(15(22)23)11(6-21)16(18,19)20/h2-4,10-11H,5-7H2,1H3,(H,22,23)/t10-,11-/m1/s1. The van der Waals surface area contributed by atoms with Gasteiger partial charge in [0.1, 0.15) is 0 Å². The topological polar surface area (TPSA) is 40.5 Å². The minimum Gasteiger partial charge on any atom is -0.481 e. The van der Waals surface area contributed by atoms with E-state index in [1.165, 1.54) is 11.3 Å². The monoisotopic (exact) mass is 377 g/mol. The molecule has 0 saturated carbocycles. The molecule has 0 unspecified atom stereocenters. The Labute approximate surface area is 145 Å². The van der Waals surface area contributed by atoms with Gasteiger partial charge in [0.2, 0.25) is 0 Å². The molecule has 3 rings (SSSR count). The van der Waals surface area contributed by atoms with Gasteiger partial charge in [-0.25, -0.2) is 0 Å². The fourth-order valence-corrected chi connectivity index (χ4v) is 4.75.